The Morgan fingerprint density at radius 3 is 1.89 bits per heavy atom. The van der Waals surface area contributed by atoms with Crippen LogP contribution in [0.3, 0.4) is 0 Å². The lowest BCUT2D eigenvalue weighted by Gasteiger charge is -2.17. The van der Waals surface area contributed by atoms with E-state index in [2.05, 4.69) is 130 Å². The fraction of sp³-hybridized carbons (Fsp3) is 0.147. The van der Waals surface area contributed by atoms with Crippen molar-refractivity contribution in [2.75, 3.05) is 0 Å². The van der Waals surface area contributed by atoms with Crippen molar-refractivity contribution in [1.82, 2.24) is 0 Å². The highest BCUT2D eigenvalue weighted by molar-refractivity contribution is 6.79. The van der Waals surface area contributed by atoms with Gasteiger partial charge >= 0.3 is 20.4 Å². The van der Waals surface area contributed by atoms with Gasteiger partial charge in [-0.1, -0.05) is 137 Å². The van der Waals surface area contributed by atoms with Crippen molar-refractivity contribution in [2.45, 2.75) is 31.0 Å². The zero-order chi connectivity index (χ0) is 24.8. The van der Waals surface area contributed by atoms with Gasteiger partial charge in [-0.05, 0) is 58.0 Å². The predicted molar refractivity (Wildman–Crippen MR) is 160 cm³/mol. The van der Waals surface area contributed by atoms with Gasteiger partial charge in [-0.3, -0.25) is 0 Å². The van der Waals surface area contributed by atoms with Gasteiger partial charge in [-0.2, -0.15) is 3.70 Å². The zero-order valence-electron chi connectivity index (χ0n) is 21.6. The van der Waals surface area contributed by atoms with Crippen molar-refractivity contribution in [3.8, 4) is 22.3 Å². The maximum absolute atomic E-state index is 2.47. The summed E-state index contributed by atoms with van der Waals surface area (Å²) >= 11 is -0.597. The minimum atomic E-state index is -0.616. The van der Waals surface area contributed by atoms with Crippen molar-refractivity contribution >= 4 is 43.7 Å². The molecule has 36 heavy (non-hydrogen) atoms. The third kappa shape index (κ3) is 3.92. The Balaban J connectivity index is 1.46. The van der Waals surface area contributed by atoms with Crippen LogP contribution in [0.4, 0.5) is 0 Å². The first-order valence-electron chi connectivity index (χ1n) is 13.0. The number of fused-ring (bicyclic) bond motifs is 2. The van der Waals surface area contributed by atoms with Gasteiger partial charge in [0.25, 0.3) is 0 Å². The standard InChI is InChI=1S/C18H17Si.C16H13.Mg/c1-13-12-15-10-7-11-16(14-8-5-4-6-9-14)17(15)18(13)19(2)3;1-12-10-14-8-5-9-15(16(14)11-12)13-6-3-2-4-7-13;/h4-11H,1-3H3;2-11H,1H3;. The van der Waals surface area contributed by atoms with Gasteiger partial charge in [0.05, 0.1) is 0 Å². The van der Waals surface area contributed by atoms with Gasteiger partial charge in [0.1, 0.15) is 0 Å². The molecule has 0 spiro atoms. The van der Waals surface area contributed by atoms with E-state index in [1.807, 2.05) is 0 Å². The molecule has 1 atom stereocenters. The van der Waals surface area contributed by atoms with Gasteiger partial charge in [0.2, 0.25) is 0 Å². The molecular weight excluding hydrogens is 461 g/mol. The van der Waals surface area contributed by atoms with E-state index in [0.717, 1.165) is 0 Å². The second-order valence-corrected chi connectivity index (χ2v) is 14.8. The third-order valence-electron chi connectivity index (χ3n) is 7.98. The Kier molecular flexibility index (Phi) is 6.29. The highest BCUT2D eigenvalue weighted by atomic mass is 28.2. The maximum atomic E-state index is 2.47. The summed E-state index contributed by atoms with van der Waals surface area (Å²) in [5.41, 5.74) is 14.6. The van der Waals surface area contributed by atoms with E-state index in [1.54, 1.807) is 14.4 Å². The van der Waals surface area contributed by atoms with Crippen LogP contribution in [0.2, 0.25) is 13.1 Å². The fourth-order valence-corrected chi connectivity index (χ4v) is 10.6. The molecule has 0 amide bonds. The van der Waals surface area contributed by atoms with Crippen LogP contribution in [0.25, 0.3) is 32.0 Å². The van der Waals surface area contributed by atoms with Crippen molar-refractivity contribution in [3.05, 3.63) is 130 Å². The molecule has 172 valence electrons. The number of hydrogen-bond donors (Lipinski definition) is 0. The van der Waals surface area contributed by atoms with E-state index >= 15 is 0 Å². The summed E-state index contributed by atoms with van der Waals surface area (Å²) in [6, 6.07) is 35.8. The maximum Gasteiger partial charge on any atom is 0.426 e. The summed E-state index contributed by atoms with van der Waals surface area (Å²) in [6.07, 6.45) is 2.47. The average Bonchev–Trinajstić information content (AvgIpc) is 3.38. The quantitative estimate of drug-likeness (QED) is 0.251. The summed E-state index contributed by atoms with van der Waals surface area (Å²) in [4.78, 5) is 0. The molecule has 0 fully saturated rings. The Labute approximate surface area is 226 Å². The van der Waals surface area contributed by atoms with Crippen molar-refractivity contribution in [3.63, 3.8) is 0 Å². The van der Waals surface area contributed by atoms with E-state index in [-0.39, 0.29) is 0 Å². The molecule has 0 N–H and O–H groups in total. The summed E-state index contributed by atoms with van der Waals surface area (Å²) in [6.45, 7) is 9.70. The first-order valence-corrected chi connectivity index (χ1v) is 17.0. The SMILES string of the molecule is CC1=Cc2c(-c3ccccc3)cccc2[CH]1[Mg][C]1=C(C)C(=[Si](C)C)c2c1cccc2-c1ccccc1. The Morgan fingerprint density at radius 1 is 0.639 bits per heavy atom. The van der Waals surface area contributed by atoms with Crippen LogP contribution in [0.15, 0.2) is 108 Å². The van der Waals surface area contributed by atoms with Crippen molar-refractivity contribution in [1.29, 1.82) is 0 Å². The van der Waals surface area contributed by atoms with E-state index in [9.17, 15) is 0 Å². The van der Waals surface area contributed by atoms with Gasteiger partial charge in [0, 0.05) is 8.41 Å². The average molecular weight is 491 g/mol. The molecular formula is C34H30MgSi. The smallest absolute Gasteiger partial charge is 0.162 e. The molecule has 0 saturated heterocycles. The topological polar surface area (TPSA) is 0 Å². The molecule has 4 aromatic carbocycles. The normalized spacial score (nSPS) is 15.9. The molecule has 0 bridgehead atoms. The van der Waals surface area contributed by atoms with Crippen LogP contribution in [0.1, 0.15) is 40.1 Å². The highest BCUT2D eigenvalue weighted by Crippen LogP contribution is 2.45. The van der Waals surface area contributed by atoms with Crippen LogP contribution >= 0.6 is 0 Å². The van der Waals surface area contributed by atoms with Crippen molar-refractivity contribution in [2.24, 2.45) is 0 Å². The number of rotatable bonds is 4. The lowest BCUT2D eigenvalue weighted by atomic mass is 9.96. The molecule has 2 heteroatoms. The van der Waals surface area contributed by atoms with Gasteiger partial charge < -0.3 is 0 Å². The van der Waals surface area contributed by atoms with E-state index < -0.39 is 28.8 Å². The molecule has 0 saturated carbocycles. The zero-order valence-corrected chi connectivity index (χ0v) is 24.0. The Hall–Kier alpha value is -2.79. The van der Waals surface area contributed by atoms with Crippen LogP contribution in [-0.4, -0.2) is 33.9 Å². The van der Waals surface area contributed by atoms with Crippen LogP contribution in [0, 0.1) is 0 Å². The number of hydrogen-bond acceptors (Lipinski definition) is 0. The molecule has 0 heterocycles. The summed E-state index contributed by atoms with van der Waals surface area (Å²) < 4.78 is 2.24. The van der Waals surface area contributed by atoms with Gasteiger partial charge in [-0.25, -0.2) is 0 Å². The minimum absolute atomic E-state index is 0.561. The first kappa shape index (κ1) is 23.6. The number of allylic oxidation sites excluding steroid dienone is 2. The largest absolute Gasteiger partial charge is 0.426 e. The predicted octanol–water partition coefficient (Wildman–Crippen LogP) is 8.48. The number of benzene rings is 4. The Bertz CT molecular complexity index is 1570. The summed E-state index contributed by atoms with van der Waals surface area (Å²) in [5.74, 6) is 0. The first-order chi connectivity index (χ1) is 17.5. The third-order valence-corrected chi connectivity index (χ3v) is 12.4. The minimum Gasteiger partial charge on any atom is -0.162 e. The second-order valence-electron chi connectivity index (χ2n) is 10.4. The van der Waals surface area contributed by atoms with E-state index in [4.69, 9.17) is 0 Å². The molecule has 2 aliphatic carbocycles. The molecule has 4 aromatic rings. The van der Waals surface area contributed by atoms with Crippen LogP contribution in [0.5, 0.6) is 0 Å². The molecule has 6 rings (SSSR count). The summed E-state index contributed by atoms with van der Waals surface area (Å²) in [5, 5.41) is 1.65. The Morgan fingerprint density at radius 2 is 1.22 bits per heavy atom. The van der Waals surface area contributed by atoms with Gasteiger partial charge in [-0.15, -0.1) is 0 Å². The molecule has 0 aliphatic heterocycles. The van der Waals surface area contributed by atoms with E-state index in [1.165, 1.54) is 50.1 Å². The van der Waals surface area contributed by atoms with Crippen LogP contribution in [-0.2, 0) is 0 Å². The van der Waals surface area contributed by atoms with Gasteiger partial charge in [0.15, 0.2) is 0 Å². The van der Waals surface area contributed by atoms with Crippen LogP contribution < -0.4 is 0 Å². The lowest BCUT2D eigenvalue weighted by molar-refractivity contribution is 1.13. The van der Waals surface area contributed by atoms with Crippen molar-refractivity contribution < 1.29 is 0 Å². The fourth-order valence-electron chi connectivity index (χ4n) is 6.33. The monoisotopic (exact) mass is 490 g/mol. The van der Waals surface area contributed by atoms with E-state index in [0.29, 0.717) is 4.05 Å². The lowest BCUT2D eigenvalue weighted by Crippen LogP contribution is -2.12. The molecule has 0 aromatic heterocycles. The molecule has 1 unspecified atom stereocenters. The molecule has 0 nitrogen and oxygen atoms in total. The molecule has 0 radical (unpaired) electrons. The second kappa shape index (κ2) is 9.59. The summed E-state index contributed by atoms with van der Waals surface area (Å²) in [7, 11) is -0.616. The molecule has 2 aliphatic rings. The highest BCUT2D eigenvalue weighted by Gasteiger charge is 2.33.